The van der Waals surface area contributed by atoms with Gasteiger partial charge in [0.1, 0.15) is 37.2 Å². The number of alkyl halides is 2. The Hall–Kier alpha value is -2.01. The maximum absolute atomic E-state index is 4.10. The van der Waals surface area contributed by atoms with Gasteiger partial charge in [0.25, 0.3) is 11.6 Å². The van der Waals surface area contributed by atoms with Gasteiger partial charge >= 0.3 is 0 Å². The summed E-state index contributed by atoms with van der Waals surface area (Å²) in [5.41, 5.74) is 2.68. The van der Waals surface area contributed by atoms with Crippen molar-refractivity contribution in [2.75, 3.05) is 5.33 Å². The van der Waals surface area contributed by atoms with Gasteiger partial charge in [-0.15, -0.1) is 34.0 Å². The van der Waals surface area contributed by atoms with E-state index in [1.54, 1.807) is 0 Å². The molecule has 0 amide bonds. The van der Waals surface area contributed by atoms with Crippen molar-refractivity contribution in [2.45, 2.75) is 113 Å². The molecule has 3 aromatic heterocycles. The minimum atomic E-state index is 0. The molecule has 49 heavy (non-hydrogen) atoms. The largest absolute Gasteiger partial charge is 0.335 e. The van der Waals surface area contributed by atoms with Crippen LogP contribution in [0.5, 0.6) is 0 Å². The molecule has 0 N–H and O–H groups in total. The quantitative estimate of drug-likeness (QED) is 0.102. The SMILES string of the molecule is Br.Br.BrCc1ccccc1.CCBr.CCC[n+]1ccn(CC)c1C.CCCn1cc[n+](Cc2ccccc2)c1C.CCCn1ccnc1C. The molecule has 0 radical (unpaired) electrons. The second-order valence-electron chi connectivity index (χ2n) is 11.0. The zero-order valence-electron chi connectivity index (χ0n) is 31.1. The van der Waals surface area contributed by atoms with Crippen molar-refractivity contribution < 1.29 is 9.13 Å². The van der Waals surface area contributed by atoms with Gasteiger partial charge in [-0.3, -0.25) is 0 Å². The van der Waals surface area contributed by atoms with E-state index in [2.05, 4.69) is 168 Å². The lowest BCUT2D eigenvalue weighted by atomic mass is 10.2. The average Bonchev–Trinajstić information content (AvgIpc) is 3.78. The van der Waals surface area contributed by atoms with Gasteiger partial charge in [-0.05, 0) is 44.2 Å². The van der Waals surface area contributed by atoms with Crippen molar-refractivity contribution in [1.82, 2.24) is 18.7 Å². The normalized spacial score (nSPS) is 9.51. The third kappa shape index (κ3) is 19.8. The maximum Gasteiger partial charge on any atom is 0.253 e. The molecule has 2 aromatic carbocycles. The molecule has 0 unspecified atom stereocenters. The van der Waals surface area contributed by atoms with Crippen molar-refractivity contribution in [1.29, 1.82) is 0 Å². The molecule has 0 atom stereocenters. The zero-order chi connectivity index (χ0) is 34.9. The van der Waals surface area contributed by atoms with Gasteiger partial charge in [-0.1, -0.05) is 120 Å². The summed E-state index contributed by atoms with van der Waals surface area (Å²) in [4.78, 5) is 4.10. The number of benzene rings is 2. The monoisotopic (exact) mass is 930 g/mol. The van der Waals surface area contributed by atoms with Crippen molar-refractivity contribution in [3.8, 4) is 0 Å². The summed E-state index contributed by atoms with van der Waals surface area (Å²) in [6.07, 6.45) is 16.0. The molecule has 0 fully saturated rings. The van der Waals surface area contributed by atoms with E-state index in [-0.39, 0.29) is 34.0 Å². The number of hydrogen-bond donors (Lipinski definition) is 0. The molecule has 0 spiro atoms. The first-order chi connectivity index (χ1) is 22.8. The predicted molar refractivity (Wildman–Crippen MR) is 227 cm³/mol. The standard InChI is InChI=1S/C14H19N2.C9H17N2.C7H7Br.C7H12N2.C2H5Br.2BrH/c1-3-9-15-10-11-16(13(15)2)12-14-7-5-4-6-8-14;1-4-6-11-8-7-10(5-2)9(11)3;8-6-7-4-2-1-3-5-7;1-3-5-9-6-4-8-7(9)2;1-2-3;;/h4-8,10-11H,3,9,12H2,1-2H3;7-8H,4-6H2,1-3H3;1-5H,6H2;4,6H,3,5H2,1-2H3;2H2,1H3;2*1H/q2*+1;;;;;. The first kappa shape index (κ1) is 49.1. The van der Waals surface area contributed by atoms with Crippen molar-refractivity contribution >= 4 is 65.8 Å². The molecule has 5 rings (SSSR count). The molecular weight excluding hydrogens is 872 g/mol. The summed E-state index contributed by atoms with van der Waals surface area (Å²) in [5.74, 6) is 3.79. The fraction of sp³-hybridized carbons (Fsp3) is 0.462. The number of hydrogen-bond acceptors (Lipinski definition) is 1. The van der Waals surface area contributed by atoms with Gasteiger partial charge in [0.2, 0.25) is 0 Å². The predicted octanol–water partition coefficient (Wildman–Crippen LogP) is 10.8. The Balaban J connectivity index is 0. The molecular formula is C39H62Br4N6+2. The molecule has 6 nitrogen and oxygen atoms in total. The van der Waals surface area contributed by atoms with Crippen LogP contribution >= 0.6 is 65.8 Å². The van der Waals surface area contributed by atoms with Crippen LogP contribution in [-0.2, 0) is 38.1 Å². The van der Waals surface area contributed by atoms with Crippen LogP contribution in [-0.4, -0.2) is 24.0 Å². The molecule has 274 valence electrons. The number of rotatable bonds is 10. The molecule has 0 aliphatic heterocycles. The number of aromatic nitrogens is 6. The average molecular weight is 935 g/mol. The summed E-state index contributed by atoms with van der Waals surface area (Å²) >= 11 is 6.50. The summed E-state index contributed by atoms with van der Waals surface area (Å²) in [5, 5.41) is 2.01. The molecule has 0 aliphatic carbocycles. The van der Waals surface area contributed by atoms with E-state index in [1.807, 2.05) is 44.4 Å². The van der Waals surface area contributed by atoms with E-state index in [4.69, 9.17) is 0 Å². The van der Waals surface area contributed by atoms with Crippen LogP contribution in [0.1, 0.15) is 82.5 Å². The molecule has 10 heteroatoms. The van der Waals surface area contributed by atoms with Crippen molar-refractivity contribution in [3.05, 3.63) is 126 Å². The van der Waals surface area contributed by atoms with Gasteiger partial charge in [0.15, 0.2) is 0 Å². The third-order valence-corrected chi connectivity index (χ3v) is 8.01. The lowest BCUT2D eigenvalue weighted by Gasteiger charge is -2.00. The van der Waals surface area contributed by atoms with Gasteiger partial charge < -0.3 is 4.57 Å². The maximum atomic E-state index is 4.10. The van der Waals surface area contributed by atoms with Crippen LogP contribution in [0.3, 0.4) is 0 Å². The number of imidazole rings is 3. The van der Waals surface area contributed by atoms with E-state index >= 15 is 0 Å². The summed E-state index contributed by atoms with van der Waals surface area (Å²) in [7, 11) is 0. The van der Waals surface area contributed by atoms with Gasteiger partial charge in [-0.25, -0.2) is 23.3 Å². The Bertz CT molecular complexity index is 1450. The van der Waals surface area contributed by atoms with Crippen molar-refractivity contribution in [3.63, 3.8) is 0 Å². The second-order valence-corrected chi connectivity index (χ2v) is 12.7. The van der Waals surface area contributed by atoms with E-state index < -0.39 is 0 Å². The smallest absolute Gasteiger partial charge is 0.253 e. The van der Waals surface area contributed by atoms with Crippen LogP contribution in [0.25, 0.3) is 0 Å². The molecule has 0 saturated heterocycles. The first-order valence-corrected chi connectivity index (χ1v) is 19.3. The Morgan fingerprint density at radius 1 is 0.612 bits per heavy atom. The Morgan fingerprint density at radius 2 is 1.10 bits per heavy atom. The number of aryl methyl sites for hydroxylation is 5. The minimum Gasteiger partial charge on any atom is -0.335 e. The highest BCUT2D eigenvalue weighted by Gasteiger charge is 2.11. The summed E-state index contributed by atoms with van der Waals surface area (Å²) in [6.45, 7) is 22.5. The molecule has 3 heterocycles. The van der Waals surface area contributed by atoms with Gasteiger partial charge in [-0.2, -0.15) is 0 Å². The number of nitrogens with zero attached hydrogens (tertiary/aromatic N) is 6. The molecule has 0 bridgehead atoms. The Kier molecular flexibility index (Phi) is 30.8. The zero-order valence-corrected chi connectivity index (χ0v) is 37.7. The highest BCUT2D eigenvalue weighted by molar-refractivity contribution is 9.09. The lowest BCUT2D eigenvalue weighted by Crippen LogP contribution is -2.36. The molecule has 0 aliphatic rings. The van der Waals surface area contributed by atoms with Crippen LogP contribution in [0.15, 0.2) is 97.8 Å². The third-order valence-electron chi connectivity index (χ3n) is 7.37. The molecule has 5 aromatic rings. The van der Waals surface area contributed by atoms with Gasteiger partial charge in [0.05, 0.1) is 19.6 Å². The van der Waals surface area contributed by atoms with Crippen LogP contribution < -0.4 is 9.13 Å². The topological polar surface area (TPSA) is 35.4 Å². The van der Waals surface area contributed by atoms with E-state index in [9.17, 15) is 0 Å². The second kappa shape index (κ2) is 30.8. The highest BCUT2D eigenvalue weighted by atomic mass is 79.9. The minimum absolute atomic E-state index is 0. The number of halogens is 4. The summed E-state index contributed by atoms with van der Waals surface area (Å²) < 4.78 is 11.3. The lowest BCUT2D eigenvalue weighted by molar-refractivity contribution is -0.702. The van der Waals surface area contributed by atoms with Crippen molar-refractivity contribution in [2.24, 2.45) is 0 Å². The van der Waals surface area contributed by atoms with E-state index in [0.29, 0.717) is 0 Å². The fourth-order valence-electron chi connectivity index (χ4n) is 4.77. The van der Waals surface area contributed by atoms with E-state index in [1.165, 1.54) is 42.0 Å². The van der Waals surface area contributed by atoms with Crippen LogP contribution in [0.2, 0.25) is 0 Å². The van der Waals surface area contributed by atoms with E-state index in [0.717, 1.165) is 49.2 Å². The summed E-state index contributed by atoms with van der Waals surface area (Å²) in [6, 6.07) is 20.9. The molecule has 0 saturated carbocycles. The Labute approximate surface area is 335 Å². The highest BCUT2D eigenvalue weighted by Crippen LogP contribution is 2.03. The first-order valence-electron chi connectivity index (χ1n) is 17.1. The van der Waals surface area contributed by atoms with Crippen LogP contribution in [0, 0.1) is 20.8 Å². The van der Waals surface area contributed by atoms with Gasteiger partial charge in [0, 0.05) is 43.4 Å². The fourth-order valence-corrected chi connectivity index (χ4v) is 5.14. The Morgan fingerprint density at radius 3 is 1.53 bits per heavy atom. The van der Waals surface area contributed by atoms with Crippen LogP contribution in [0.4, 0.5) is 0 Å².